The third-order valence-corrected chi connectivity index (χ3v) is 12.2. The fraction of sp³-hybridized carbons (Fsp3) is 0.311. The molecule has 3 amide bonds. The first kappa shape index (κ1) is 34.4. The fourth-order valence-corrected chi connectivity index (χ4v) is 9.80. The van der Waals surface area contributed by atoms with E-state index in [0.717, 1.165) is 38.8 Å². The van der Waals surface area contributed by atoms with E-state index in [1.807, 2.05) is 116 Å². The highest BCUT2D eigenvalue weighted by atomic mass is 19.1. The van der Waals surface area contributed by atoms with Crippen molar-refractivity contribution in [1.82, 2.24) is 4.90 Å². The maximum atomic E-state index is 16.4. The van der Waals surface area contributed by atoms with Gasteiger partial charge in [-0.1, -0.05) is 85.8 Å². The molecule has 1 N–H and O–H groups in total. The van der Waals surface area contributed by atoms with Gasteiger partial charge in [0.2, 0.25) is 5.91 Å². The van der Waals surface area contributed by atoms with Crippen molar-refractivity contribution in [1.29, 1.82) is 0 Å². The zero-order valence-corrected chi connectivity index (χ0v) is 30.5. The summed E-state index contributed by atoms with van der Waals surface area (Å²) in [5.41, 5.74) is 3.30. The van der Waals surface area contributed by atoms with E-state index in [-0.39, 0.29) is 37.3 Å². The van der Waals surface area contributed by atoms with Gasteiger partial charge in [0.1, 0.15) is 5.67 Å². The van der Waals surface area contributed by atoms with Crippen molar-refractivity contribution in [2.45, 2.75) is 70.1 Å². The summed E-state index contributed by atoms with van der Waals surface area (Å²) in [6.45, 7) is 5.25. The second-order valence-electron chi connectivity index (χ2n) is 15.7. The van der Waals surface area contributed by atoms with Gasteiger partial charge >= 0.3 is 0 Å². The van der Waals surface area contributed by atoms with Crippen LogP contribution in [-0.4, -0.2) is 52.1 Å². The van der Waals surface area contributed by atoms with Gasteiger partial charge in [0.25, 0.3) is 11.8 Å². The SMILES string of the molecule is C[C@H]1[C@H](C(C)(C)F)[C@@H](CC(=O)N2Cc3ccccc3C[C@H]2CO)O[C@]12C(=O)N(Cc1ccc(N3C(=O)c4cccc5cccc3c45)cc1)c1ccccc12. The molecule has 1 saturated heterocycles. The Morgan fingerprint density at radius 1 is 0.889 bits per heavy atom. The van der Waals surface area contributed by atoms with E-state index in [4.69, 9.17) is 4.74 Å². The molecule has 0 unspecified atom stereocenters. The summed E-state index contributed by atoms with van der Waals surface area (Å²) in [7, 11) is 0. The minimum Gasteiger partial charge on any atom is -0.394 e. The largest absolute Gasteiger partial charge is 0.394 e. The standard InChI is InChI=1S/C45H42FN3O5/c1-27-41(44(2,3)46)38(23-39(51)47-25-31-11-5-4-10-30(31)22-33(47)26-50)54-45(27)35-15-6-7-16-36(35)48(43(45)53)24-28-18-20-32(21-19-28)49-37-17-9-13-29-12-8-14-34(40(29)37)42(49)52/h4-21,27,33,38,41,50H,22-26H2,1-3H3/t27-,33-,38+,41-,45+/m0/s1. The number of amides is 3. The number of hydrogen-bond donors (Lipinski definition) is 1. The van der Waals surface area contributed by atoms with E-state index >= 15 is 4.39 Å². The van der Waals surface area contributed by atoms with Crippen LogP contribution in [0.25, 0.3) is 10.8 Å². The molecule has 4 aliphatic rings. The highest BCUT2D eigenvalue weighted by Gasteiger charge is 2.66. The smallest absolute Gasteiger partial charge is 0.264 e. The molecule has 4 heterocycles. The second kappa shape index (κ2) is 12.6. The van der Waals surface area contributed by atoms with Crippen molar-refractivity contribution in [2.24, 2.45) is 11.8 Å². The number of fused-ring (bicyclic) bond motifs is 3. The van der Waals surface area contributed by atoms with Crippen molar-refractivity contribution in [3.63, 3.8) is 0 Å². The lowest BCUT2D eigenvalue weighted by atomic mass is 9.71. The number of para-hydroxylation sites is 1. The van der Waals surface area contributed by atoms with Crippen LogP contribution in [0, 0.1) is 11.8 Å². The van der Waals surface area contributed by atoms with Crippen LogP contribution in [0.1, 0.15) is 59.8 Å². The summed E-state index contributed by atoms with van der Waals surface area (Å²) >= 11 is 0. The predicted molar refractivity (Wildman–Crippen MR) is 205 cm³/mol. The normalized spacial score (nSPS) is 24.5. The lowest BCUT2D eigenvalue weighted by Gasteiger charge is -2.37. The molecular formula is C45H42FN3O5. The first-order valence-corrected chi connectivity index (χ1v) is 18.7. The Labute approximate surface area is 313 Å². The number of rotatable bonds is 7. The molecule has 1 spiro atoms. The number of alkyl halides is 1. The van der Waals surface area contributed by atoms with Crippen molar-refractivity contribution in [2.75, 3.05) is 16.4 Å². The van der Waals surface area contributed by atoms with E-state index in [9.17, 15) is 19.5 Å². The Morgan fingerprint density at radius 3 is 2.31 bits per heavy atom. The van der Waals surface area contributed by atoms with Gasteiger partial charge in [0.05, 0.1) is 48.7 Å². The van der Waals surface area contributed by atoms with Crippen LogP contribution in [0.3, 0.4) is 0 Å². The number of aliphatic hydroxyl groups is 1. The Kier molecular flexibility index (Phi) is 8.03. The van der Waals surface area contributed by atoms with Crippen LogP contribution >= 0.6 is 0 Å². The van der Waals surface area contributed by atoms with Crippen molar-refractivity contribution in [3.8, 4) is 0 Å². The average molecular weight is 724 g/mol. The molecule has 9 heteroatoms. The molecule has 0 aliphatic carbocycles. The van der Waals surface area contributed by atoms with E-state index in [2.05, 4.69) is 0 Å². The van der Waals surface area contributed by atoms with Crippen LogP contribution in [0.15, 0.2) is 109 Å². The summed E-state index contributed by atoms with van der Waals surface area (Å²) in [5.74, 6) is -1.98. The van der Waals surface area contributed by atoms with E-state index in [1.54, 1.807) is 14.7 Å². The zero-order valence-electron chi connectivity index (χ0n) is 30.5. The minimum atomic E-state index is -1.77. The number of carbonyl (C=O) groups is 3. The van der Waals surface area contributed by atoms with Crippen LogP contribution < -0.4 is 9.80 Å². The molecule has 0 saturated carbocycles. The Bertz CT molecular complexity index is 2330. The zero-order chi connectivity index (χ0) is 37.5. The number of benzene rings is 5. The van der Waals surface area contributed by atoms with Crippen molar-refractivity contribution in [3.05, 3.63) is 137 Å². The average Bonchev–Trinajstić information content (AvgIpc) is 3.73. The topological polar surface area (TPSA) is 90.4 Å². The van der Waals surface area contributed by atoms with Gasteiger partial charge in [-0.05, 0) is 72.7 Å². The predicted octanol–water partition coefficient (Wildman–Crippen LogP) is 7.61. The van der Waals surface area contributed by atoms with Gasteiger partial charge in [-0.3, -0.25) is 19.3 Å². The van der Waals surface area contributed by atoms with E-state index in [0.29, 0.717) is 29.8 Å². The molecule has 8 nitrogen and oxygen atoms in total. The number of nitrogens with zero attached hydrogens (tertiary/aromatic N) is 3. The molecule has 0 radical (unpaired) electrons. The third-order valence-electron chi connectivity index (χ3n) is 12.2. The van der Waals surface area contributed by atoms with Crippen LogP contribution in [0.2, 0.25) is 0 Å². The maximum absolute atomic E-state index is 16.4. The lowest BCUT2D eigenvalue weighted by molar-refractivity contribution is -0.151. The summed E-state index contributed by atoms with van der Waals surface area (Å²) < 4.78 is 23.2. The lowest BCUT2D eigenvalue weighted by Crippen LogP contribution is -2.48. The molecule has 5 aromatic rings. The monoisotopic (exact) mass is 723 g/mol. The molecule has 5 atom stereocenters. The molecular weight excluding hydrogens is 682 g/mol. The summed E-state index contributed by atoms with van der Waals surface area (Å²) in [6.07, 6.45) is -0.471. The van der Waals surface area contributed by atoms with Gasteiger partial charge in [0.15, 0.2) is 5.60 Å². The molecule has 9 rings (SSSR count). The number of aliphatic hydroxyl groups excluding tert-OH is 1. The summed E-state index contributed by atoms with van der Waals surface area (Å²) in [5, 5.41) is 12.2. The van der Waals surface area contributed by atoms with Crippen LogP contribution in [-0.2, 0) is 39.4 Å². The number of halogens is 1. The molecule has 1 fully saturated rings. The second-order valence-corrected chi connectivity index (χ2v) is 15.7. The maximum Gasteiger partial charge on any atom is 0.264 e. The first-order chi connectivity index (χ1) is 26.0. The van der Waals surface area contributed by atoms with E-state index < -0.39 is 35.3 Å². The molecule has 274 valence electrons. The molecule has 54 heavy (non-hydrogen) atoms. The Hall–Kier alpha value is -5.38. The Balaban J connectivity index is 1.00. The molecule has 4 aliphatic heterocycles. The van der Waals surface area contributed by atoms with Gasteiger partial charge in [-0.15, -0.1) is 0 Å². The Morgan fingerprint density at radius 2 is 1.57 bits per heavy atom. The van der Waals surface area contributed by atoms with Gasteiger partial charge in [-0.25, -0.2) is 4.39 Å². The van der Waals surface area contributed by atoms with E-state index in [1.165, 1.54) is 13.8 Å². The number of anilines is 3. The highest BCUT2D eigenvalue weighted by Crippen LogP contribution is 2.58. The number of hydrogen-bond acceptors (Lipinski definition) is 5. The fourth-order valence-electron chi connectivity index (χ4n) is 9.80. The summed E-state index contributed by atoms with van der Waals surface area (Å²) in [4.78, 5) is 47.7. The number of ether oxygens (including phenoxy) is 1. The first-order valence-electron chi connectivity index (χ1n) is 18.7. The number of carbonyl (C=O) groups excluding carboxylic acids is 3. The van der Waals surface area contributed by atoms with Gasteiger partial charge in [0, 0.05) is 35.0 Å². The minimum absolute atomic E-state index is 0.0807. The van der Waals surface area contributed by atoms with Crippen molar-refractivity contribution < 1.29 is 28.6 Å². The summed E-state index contributed by atoms with van der Waals surface area (Å²) in [6, 6.07) is 34.3. The molecule has 0 aromatic heterocycles. The van der Waals surface area contributed by atoms with Crippen LogP contribution in [0.4, 0.5) is 21.5 Å². The highest BCUT2D eigenvalue weighted by molar-refractivity contribution is 6.27. The third kappa shape index (κ3) is 5.12. The molecule has 5 aromatic carbocycles. The van der Waals surface area contributed by atoms with Crippen molar-refractivity contribution >= 4 is 45.6 Å². The quantitative estimate of drug-likeness (QED) is 0.187. The van der Waals surface area contributed by atoms with Crippen LogP contribution in [0.5, 0.6) is 0 Å². The van der Waals surface area contributed by atoms with Gasteiger partial charge in [-0.2, -0.15) is 0 Å². The molecule has 0 bridgehead atoms. The van der Waals surface area contributed by atoms with Gasteiger partial charge < -0.3 is 19.6 Å².